The second-order valence-electron chi connectivity index (χ2n) is 8.91. The predicted molar refractivity (Wildman–Crippen MR) is 131 cm³/mol. The average molecular weight is 472 g/mol. The maximum atomic E-state index is 14.2. The first-order chi connectivity index (χ1) is 15.7. The number of benzene rings is 1. The van der Waals surface area contributed by atoms with E-state index >= 15 is 0 Å². The van der Waals surface area contributed by atoms with E-state index in [4.69, 9.17) is 4.98 Å². The molecule has 1 aliphatic heterocycles. The normalized spacial score (nSPS) is 18.8. The minimum absolute atomic E-state index is 0. The van der Waals surface area contributed by atoms with Crippen LogP contribution in [0.1, 0.15) is 50.1 Å². The molecular weight excluding hydrogens is 441 g/mol. The number of hydrogen-bond donors (Lipinski definition) is 2. The summed E-state index contributed by atoms with van der Waals surface area (Å²) >= 11 is 0. The van der Waals surface area contributed by atoms with Crippen molar-refractivity contribution in [3.05, 3.63) is 60.2 Å². The van der Waals surface area contributed by atoms with Gasteiger partial charge in [-0.1, -0.05) is 25.0 Å². The van der Waals surface area contributed by atoms with Crippen molar-refractivity contribution in [3.63, 3.8) is 0 Å². The molecule has 1 aromatic carbocycles. The van der Waals surface area contributed by atoms with E-state index in [1.807, 2.05) is 33.7 Å². The number of piperidine rings is 1. The third-order valence-electron chi connectivity index (χ3n) is 6.63. The van der Waals surface area contributed by atoms with Crippen LogP contribution >= 0.6 is 12.4 Å². The van der Waals surface area contributed by atoms with Gasteiger partial charge in [0.05, 0.1) is 11.2 Å². The number of anilines is 2. The highest BCUT2D eigenvalue weighted by molar-refractivity contribution is 5.85. The Hall–Kier alpha value is -2.64. The van der Waals surface area contributed by atoms with Crippen LogP contribution in [0.5, 0.6) is 0 Å². The Balaban J connectivity index is 0.00000259. The van der Waals surface area contributed by atoms with Crippen molar-refractivity contribution >= 4 is 35.5 Å². The molecule has 1 amide bonds. The molecule has 5 rings (SSSR count). The van der Waals surface area contributed by atoms with Gasteiger partial charge in [-0.3, -0.25) is 9.20 Å². The molecule has 1 unspecified atom stereocenters. The maximum Gasteiger partial charge on any atom is 0.240 e. The molecule has 2 aliphatic rings. The number of rotatable bonds is 6. The summed E-state index contributed by atoms with van der Waals surface area (Å²) in [5.41, 5.74) is 2.69. The molecule has 33 heavy (non-hydrogen) atoms. The first-order valence-corrected chi connectivity index (χ1v) is 11.7. The van der Waals surface area contributed by atoms with Gasteiger partial charge in [-0.15, -0.1) is 12.4 Å². The summed E-state index contributed by atoms with van der Waals surface area (Å²) in [5.74, 6) is 0.570. The fraction of sp³-hybridized carbons (Fsp3) is 0.440. The van der Waals surface area contributed by atoms with Crippen molar-refractivity contribution < 1.29 is 9.18 Å². The minimum atomic E-state index is -0.332. The van der Waals surface area contributed by atoms with E-state index in [-0.39, 0.29) is 36.7 Å². The fourth-order valence-corrected chi connectivity index (χ4v) is 5.03. The van der Waals surface area contributed by atoms with Crippen LogP contribution in [0.2, 0.25) is 0 Å². The quantitative estimate of drug-likeness (QED) is 0.553. The molecular formula is C25H31ClFN5O. The molecule has 1 saturated heterocycles. The number of aromatic nitrogens is 2. The topological polar surface area (TPSA) is 61.7 Å². The SMILES string of the molecule is Cl.O=C(CN(c1cccc(F)c1)c1nc(C2CCCNC2)c2ccccn12)NC1CCCC1. The zero-order valence-electron chi connectivity index (χ0n) is 18.7. The van der Waals surface area contributed by atoms with E-state index in [2.05, 4.69) is 16.7 Å². The van der Waals surface area contributed by atoms with Crippen molar-refractivity contribution in [2.45, 2.75) is 50.5 Å². The Kier molecular flexibility index (Phi) is 7.50. The fourth-order valence-electron chi connectivity index (χ4n) is 5.03. The number of nitrogens with zero attached hydrogens (tertiary/aromatic N) is 3. The van der Waals surface area contributed by atoms with Crippen LogP contribution in [0, 0.1) is 5.82 Å². The lowest BCUT2D eigenvalue weighted by molar-refractivity contribution is -0.120. The smallest absolute Gasteiger partial charge is 0.240 e. The number of pyridine rings is 1. The van der Waals surface area contributed by atoms with Crippen molar-refractivity contribution in [2.24, 2.45) is 0 Å². The third kappa shape index (κ3) is 5.14. The van der Waals surface area contributed by atoms with Gasteiger partial charge in [0.15, 0.2) is 0 Å². The number of halogens is 2. The number of hydrogen-bond acceptors (Lipinski definition) is 4. The molecule has 8 heteroatoms. The summed E-state index contributed by atoms with van der Waals surface area (Å²) in [6.45, 7) is 2.02. The number of nitrogens with one attached hydrogen (secondary N) is 2. The van der Waals surface area contributed by atoms with E-state index in [1.54, 1.807) is 6.07 Å². The zero-order chi connectivity index (χ0) is 21.9. The van der Waals surface area contributed by atoms with Gasteiger partial charge in [-0.25, -0.2) is 9.37 Å². The van der Waals surface area contributed by atoms with Crippen LogP contribution in [0.4, 0.5) is 16.0 Å². The summed E-state index contributed by atoms with van der Waals surface area (Å²) in [5, 5.41) is 6.63. The highest BCUT2D eigenvalue weighted by Crippen LogP contribution is 2.33. The van der Waals surface area contributed by atoms with Crippen LogP contribution in [-0.2, 0) is 4.79 Å². The van der Waals surface area contributed by atoms with Gasteiger partial charge < -0.3 is 15.5 Å². The molecule has 1 atom stereocenters. The molecule has 0 radical (unpaired) electrons. The molecule has 0 spiro atoms. The zero-order valence-corrected chi connectivity index (χ0v) is 19.5. The predicted octanol–water partition coefficient (Wildman–Crippen LogP) is 4.56. The number of amides is 1. The summed E-state index contributed by atoms with van der Waals surface area (Å²) in [6, 6.07) is 12.7. The Morgan fingerprint density at radius 3 is 2.76 bits per heavy atom. The van der Waals surface area contributed by atoms with Gasteiger partial charge in [0.1, 0.15) is 12.4 Å². The highest BCUT2D eigenvalue weighted by Gasteiger charge is 2.27. The molecule has 6 nitrogen and oxygen atoms in total. The van der Waals surface area contributed by atoms with Gasteiger partial charge in [-0.05, 0) is 62.6 Å². The van der Waals surface area contributed by atoms with E-state index in [1.165, 1.54) is 12.1 Å². The van der Waals surface area contributed by atoms with E-state index in [9.17, 15) is 9.18 Å². The number of imidazole rings is 1. The largest absolute Gasteiger partial charge is 0.352 e. The van der Waals surface area contributed by atoms with Crippen LogP contribution in [0.3, 0.4) is 0 Å². The van der Waals surface area contributed by atoms with Crippen LogP contribution in [0.25, 0.3) is 5.52 Å². The van der Waals surface area contributed by atoms with E-state index < -0.39 is 0 Å². The first kappa shape index (κ1) is 23.5. The van der Waals surface area contributed by atoms with Crippen molar-refractivity contribution in [3.8, 4) is 0 Å². The second kappa shape index (κ2) is 10.5. The molecule has 2 aromatic heterocycles. The standard InChI is InChI=1S/C25H30FN5O.ClH/c26-19-8-5-11-21(15-19)31(17-23(32)28-20-9-1-2-10-20)25-29-24(18-7-6-13-27-16-18)22-12-3-4-14-30(22)25;/h3-5,8,11-12,14-15,18,20,27H,1-2,6-7,9-10,13,16-17H2,(H,28,32);1H. The minimum Gasteiger partial charge on any atom is -0.352 e. The van der Waals surface area contributed by atoms with Crippen molar-refractivity contribution in [1.29, 1.82) is 0 Å². The van der Waals surface area contributed by atoms with Crippen molar-refractivity contribution in [1.82, 2.24) is 20.0 Å². The van der Waals surface area contributed by atoms with E-state index in [0.29, 0.717) is 17.6 Å². The first-order valence-electron chi connectivity index (χ1n) is 11.7. The molecule has 1 saturated carbocycles. The average Bonchev–Trinajstić information content (AvgIpc) is 3.46. The van der Waals surface area contributed by atoms with Crippen LogP contribution in [-0.4, -0.2) is 41.0 Å². The number of fused-ring (bicyclic) bond motifs is 1. The summed E-state index contributed by atoms with van der Waals surface area (Å²) < 4.78 is 16.2. The van der Waals surface area contributed by atoms with E-state index in [0.717, 1.165) is 62.8 Å². The third-order valence-corrected chi connectivity index (χ3v) is 6.63. The molecule has 176 valence electrons. The van der Waals surface area contributed by atoms with Crippen LogP contribution in [0.15, 0.2) is 48.7 Å². The maximum absolute atomic E-state index is 14.2. The Bertz CT molecular complexity index is 1090. The van der Waals surface area contributed by atoms with Crippen LogP contribution < -0.4 is 15.5 Å². The molecule has 3 heterocycles. The molecule has 1 aliphatic carbocycles. The Morgan fingerprint density at radius 2 is 2.00 bits per heavy atom. The van der Waals surface area contributed by atoms with Crippen molar-refractivity contribution in [2.75, 3.05) is 24.5 Å². The molecule has 2 N–H and O–H groups in total. The lowest BCUT2D eigenvalue weighted by atomic mass is 9.95. The highest BCUT2D eigenvalue weighted by atomic mass is 35.5. The Labute approximate surface area is 200 Å². The van der Waals surface area contributed by atoms with Gasteiger partial charge in [0.2, 0.25) is 11.9 Å². The molecule has 3 aromatic rings. The van der Waals surface area contributed by atoms with Gasteiger partial charge in [-0.2, -0.15) is 0 Å². The molecule has 2 fully saturated rings. The lowest BCUT2D eigenvalue weighted by Gasteiger charge is -2.24. The van der Waals surface area contributed by atoms with Gasteiger partial charge in [0, 0.05) is 30.4 Å². The number of carbonyl (C=O) groups is 1. The molecule has 0 bridgehead atoms. The lowest BCUT2D eigenvalue weighted by Crippen LogP contribution is -2.40. The summed E-state index contributed by atoms with van der Waals surface area (Å²) in [4.78, 5) is 19.9. The number of carbonyl (C=O) groups excluding carboxylic acids is 1. The summed E-state index contributed by atoms with van der Waals surface area (Å²) in [7, 11) is 0. The van der Waals surface area contributed by atoms with Gasteiger partial charge >= 0.3 is 0 Å². The second-order valence-corrected chi connectivity index (χ2v) is 8.91. The monoisotopic (exact) mass is 471 g/mol. The Morgan fingerprint density at radius 1 is 1.15 bits per heavy atom. The van der Waals surface area contributed by atoms with Gasteiger partial charge in [0.25, 0.3) is 0 Å². The summed E-state index contributed by atoms with van der Waals surface area (Å²) in [6.07, 6.45) is 8.52.